The topological polar surface area (TPSA) is 83.2 Å². The van der Waals surface area contributed by atoms with Crippen LogP contribution in [0.3, 0.4) is 0 Å². The van der Waals surface area contributed by atoms with Crippen molar-refractivity contribution in [3.05, 3.63) is 29.8 Å². The molecule has 30 heavy (non-hydrogen) atoms. The third-order valence-electron chi connectivity index (χ3n) is 4.94. The second-order valence-electron chi connectivity index (χ2n) is 7.13. The number of aliphatic imine (C=N–C) groups is 1. The average molecular weight is 429 g/mol. The van der Waals surface area contributed by atoms with Crippen molar-refractivity contribution < 1.29 is 22.7 Å². The largest absolute Gasteiger partial charge is 0.484 e. The first-order chi connectivity index (χ1) is 14.2. The monoisotopic (exact) mass is 429 g/mol. The molecule has 2 rings (SSSR count). The van der Waals surface area contributed by atoms with Gasteiger partial charge < -0.3 is 20.7 Å². The molecule has 0 bridgehead atoms. The van der Waals surface area contributed by atoms with Gasteiger partial charge in [-0.2, -0.15) is 13.2 Å². The molecule has 168 valence electrons. The molecule has 1 fully saturated rings. The first kappa shape index (κ1) is 23.8. The summed E-state index contributed by atoms with van der Waals surface area (Å²) in [5, 5.41) is 3.22. The molecule has 0 spiro atoms. The highest BCUT2D eigenvalue weighted by atomic mass is 19.4. The van der Waals surface area contributed by atoms with Crippen LogP contribution in [-0.4, -0.2) is 79.8 Å². The molecule has 0 saturated carbocycles. The Bertz CT molecular complexity index is 701. The first-order valence-electron chi connectivity index (χ1n) is 10.0. The van der Waals surface area contributed by atoms with E-state index in [-0.39, 0.29) is 6.61 Å². The normalized spacial score (nSPS) is 17.0. The van der Waals surface area contributed by atoms with E-state index >= 15 is 0 Å². The Balaban J connectivity index is 1.87. The Hall–Kier alpha value is -2.49. The van der Waals surface area contributed by atoms with Crippen LogP contribution in [-0.2, 0) is 11.2 Å². The van der Waals surface area contributed by atoms with E-state index in [0.717, 1.165) is 11.5 Å². The van der Waals surface area contributed by atoms with E-state index in [1.165, 1.54) is 11.8 Å². The molecule has 1 saturated heterocycles. The van der Waals surface area contributed by atoms with Crippen LogP contribution >= 0.6 is 0 Å². The maximum Gasteiger partial charge on any atom is 0.403 e. The molecule has 7 nitrogen and oxygen atoms in total. The van der Waals surface area contributed by atoms with Gasteiger partial charge in [0, 0.05) is 39.3 Å². The summed E-state index contributed by atoms with van der Waals surface area (Å²) in [6, 6.07) is 5.91. The van der Waals surface area contributed by atoms with E-state index in [0.29, 0.717) is 51.4 Å². The van der Waals surface area contributed by atoms with Gasteiger partial charge in [-0.05, 0) is 38.0 Å². The highest BCUT2D eigenvalue weighted by Gasteiger charge is 2.41. The molecule has 0 aromatic heterocycles. The number of rotatable bonds is 8. The number of hydrogen-bond acceptors (Lipinski definition) is 4. The molecule has 1 unspecified atom stereocenters. The minimum absolute atomic E-state index is 0.162. The number of halogens is 3. The number of guanidine groups is 1. The maximum atomic E-state index is 12.9. The van der Waals surface area contributed by atoms with Crippen molar-refractivity contribution >= 4 is 11.9 Å². The number of carbonyl (C=O) groups is 1. The van der Waals surface area contributed by atoms with Crippen LogP contribution in [0.1, 0.15) is 19.4 Å². The Morgan fingerprint density at radius 2 is 1.87 bits per heavy atom. The molecule has 1 amide bonds. The third kappa shape index (κ3) is 7.40. The summed E-state index contributed by atoms with van der Waals surface area (Å²) in [7, 11) is 0. The van der Waals surface area contributed by atoms with Crippen molar-refractivity contribution in [3.63, 3.8) is 0 Å². The Morgan fingerprint density at radius 1 is 1.23 bits per heavy atom. The van der Waals surface area contributed by atoms with Crippen LogP contribution in [0.2, 0.25) is 0 Å². The fourth-order valence-corrected chi connectivity index (χ4v) is 3.15. The maximum absolute atomic E-state index is 12.9. The van der Waals surface area contributed by atoms with E-state index in [9.17, 15) is 18.0 Å². The molecular formula is C20H30F3N5O2. The van der Waals surface area contributed by atoms with Crippen LogP contribution in [0.4, 0.5) is 13.2 Å². The average Bonchev–Trinajstić information content (AvgIpc) is 2.71. The Kier molecular flexibility index (Phi) is 8.76. The van der Waals surface area contributed by atoms with Gasteiger partial charge in [0.2, 0.25) is 0 Å². The molecule has 3 N–H and O–H groups in total. The third-order valence-corrected chi connectivity index (χ3v) is 4.94. The number of alkyl halides is 3. The van der Waals surface area contributed by atoms with Gasteiger partial charge in [0.05, 0.1) is 0 Å². The van der Waals surface area contributed by atoms with E-state index in [4.69, 9.17) is 10.5 Å². The first-order valence-corrected chi connectivity index (χ1v) is 10.0. The number of ether oxygens (including phenoxy) is 1. The van der Waals surface area contributed by atoms with Crippen molar-refractivity contribution in [3.8, 4) is 5.75 Å². The summed E-state index contributed by atoms with van der Waals surface area (Å²) < 4.78 is 44.0. The quantitative estimate of drug-likeness (QED) is 0.485. The van der Waals surface area contributed by atoms with E-state index in [1.54, 1.807) is 12.1 Å². The minimum Gasteiger partial charge on any atom is -0.484 e. The number of nitrogens with zero attached hydrogens (tertiary/aromatic N) is 3. The molecule has 1 aliphatic heterocycles. The summed E-state index contributed by atoms with van der Waals surface area (Å²) in [6.07, 6.45) is -3.50. The zero-order valence-electron chi connectivity index (χ0n) is 17.4. The summed E-state index contributed by atoms with van der Waals surface area (Å²) in [5.74, 6) is 0.761. The van der Waals surface area contributed by atoms with Crippen molar-refractivity contribution in [2.45, 2.75) is 32.5 Å². The van der Waals surface area contributed by atoms with Gasteiger partial charge in [-0.3, -0.25) is 14.7 Å². The SMILES string of the molecule is CCNC(=NCCc1ccc(OCC(N)=O)cc1)N1CCN(C(C)C(F)(F)F)CC1. The number of piperazine rings is 1. The zero-order valence-corrected chi connectivity index (χ0v) is 17.4. The van der Waals surface area contributed by atoms with E-state index < -0.39 is 18.1 Å². The molecule has 1 aliphatic rings. The Labute approximate surface area is 175 Å². The second kappa shape index (κ2) is 11.1. The van der Waals surface area contributed by atoms with Crippen molar-refractivity contribution in [2.75, 3.05) is 45.9 Å². The standard InChI is InChI=1S/C20H30F3N5O2/c1-3-25-19(28-12-10-27(11-13-28)15(2)20(21,22)23)26-9-8-16-4-6-17(7-5-16)30-14-18(24)29/h4-7,15H,3,8-14H2,1-2H3,(H2,24,29)(H,25,26). The summed E-state index contributed by atoms with van der Waals surface area (Å²) in [5.41, 5.74) is 6.11. The van der Waals surface area contributed by atoms with Gasteiger partial charge in [0.15, 0.2) is 12.6 Å². The number of hydrogen-bond donors (Lipinski definition) is 2. The minimum atomic E-state index is -4.21. The fraction of sp³-hybridized carbons (Fsp3) is 0.600. The van der Waals surface area contributed by atoms with Gasteiger partial charge in [0.1, 0.15) is 11.8 Å². The summed E-state index contributed by atoms with van der Waals surface area (Å²) in [4.78, 5) is 18.8. The second-order valence-corrected chi connectivity index (χ2v) is 7.13. The molecule has 1 aromatic carbocycles. The molecule has 0 radical (unpaired) electrons. The van der Waals surface area contributed by atoms with Crippen molar-refractivity contribution in [1.29, 1.82) is 0 Å². The highest BCUT2D eigenvalue weighted by molar-refractivity contribution is 5.80. The smallest absolute Gasteiger partial charge is 0.403 e. The number of nitrogens with one attached hydrogen (secondary N) is 1. The lowest BCUT2D eigenvalue weighted by Crippen LogP contribution is -2.56. The lowest BCUT2D eigenvalue weighted by atomic mass is 10.1. The van der Waals surface area contributed by atoms with Crippen LogP contribution in [0, 0.1) is 0 Å². The van der Waals surface area contributed by atoms with Crippen LogP contribution in [0.15, 0.2) is 29.3 Å². The predicted molar refractivity (Wildman–Crippen MR) is 109 cm³/mol. The number of nitrogens with two attached hydrogens (primary N) is 1. The molecule has 10 heteroatoms. The van der Waals surface area contributed by atoms with Gasteiger partial charge in [-0.15, -0.1) is 0 Å². The van der Waals surface area contributed by atoms with Crippen molar-refractivity contribution in [1.82, 2.24) is 15.1 Å². The lowest BCUT2D eigenvalue weighted by Gasteiger charge is -2.39. The van der Waals surface area contributed by atoms with Gasteiger partial charge >= 0.3 is 6.18 Å². The van der Waals surface area contributed by atoms with Gasteiger partial charge in [-0.25, -0.2) is 0 Å². The molecular weight excluding hydrogens is 399 g/mol. The predicted octanol–water partition coefficient (Wildman–Crippen LogP) is 1.63. The van der Waals surface area contributed by atoms with Crippen molar-refractivity contribution in [2.24, 2.45) is 10.7 Å². The van der Waals surface area contributed by atoms with Crippen LogP contribution < -0.4 is 15.8 Å². The Morgan fingerprint density at radius 3 is 2.40 bits per heavy atom. The molecule has 1 heterocycles. The number of benzene rings is 1. The summed E-state index contributed by atoms with van der Waals surface area (Å²) in [6.45, 7) is 5.92. The van der Waals surface area contributed by atoms with Crippen LogP contribution in [0.25, 0.3) is 0 Å². The van der Waals surface area contributed by atoms with E-state index in [2.05, 4.69) is 10.3 Å². The van der Waals surface area contributed by atoms with Gasteiger partial charge in [0.25, 0.3) is 5.91 Å². The molecule has 1 aromatic rings. The van der Waals surface area contributed by atoms with Gasteiger partial charge in [-0.1, -0.05) is 12.1 Å². The number of carbonyl (C=O) groups excluding carboxylic acids is 1. The van der Waals surface area contributed by atoms with E-state index in [1.807, 2.05) is 24.0 Å². The highest BCUT2D eigenvalue weighted by Crippen LogP contribution is 2.25. The lowest BCUT2D eigenvalue weighted by molar-refractivity contribution is -0.181. The molecule has 1 atom stereocenters. The number of amides is 1. The fourth-order valence-electron chi connectivity index (χ4n) is 3.15. The van der Waals surface area contributed by atoms with Crippen LogP contribution in [0.5, 0.6) is 5.75 Å². The molecule has 0 aliphatic carbocycles. The number of primary amides is 1. The summed E-state index contributed by atoms with van der Waals surface area (Å²) >= 11 is 0. The zero-order chi connectivity index (χ0) is 22.1.